The molecule has 0 spiro atoms. The van der Waals surface area contributed by atoms with Gasteiger partial charge in [-0.3, -0.25) is 9.47 Å². The van der Waals surface area contributed by atoms with Crippen LogP contribution in [0.15, 0.2) is 42.4 Å². The lowest BCUT2D eigenvalue weighted by atomic mass is 10.2. The average Bonchev–Trinajstić information content (AvgIpc) is 3.28. The Morgan fingerprint density at radius 2 is 2.33 bits per heavy atom. The Morgan fingerprint density at radius 1 is 1.38 bits per heavy atom. The minimum Gasteiger partial charge on any atom is -0.378 e. The number of aryl methyl sites for hydroxylation is 1. The molecule has 124 valence electrons. The van der Waals surface area contributed by atoms with Crippen molar-refractivity contribution >= 4 is 11.3 Å². The second-order valence-corrected chi connectivity index (χ2v) is 6.77. The highest BCUT2D eigenvalue weighted by Crippen LogP contribution is 2.28. The molecule has 24 heavy (non-hydrogen) atoms. The van der Waals surface area contributed by atoms with E-state index in [0.29, 0.717) is 6.61 Å². The zero-order valence-corrected chi connectivity index (χ0v) is 14.3. The van der Waals surface area contributed by atoms with Gasteiger partial charge >= 0.3 is 0 Å². The first-order valence-corrected chi connectivity index (χ1v) is 8.84. The molecule has 3 aromatic rings. The molecule has 1 fully saturated rings. The van der Waals surface area contributed by atoms with Crippen LogP contribution >= 0.6 is 11.3 Å². The molecule has 6 nitrogen and oxygen atoms in total. The maximum Gasteiger partial charge on any atom is 0.137 e. The molecule has 4 heterocycles. The normalized spacial score (nSPS) is 18.8. The number of imidazole rings is 1. The van der Waals surface area contributed by atoms with Gasteiger partial charge in [0.2, 0.25) is 0 Å². The van der Waals surface area contributed by atoms with Gasteiger partial charge in [0.1, 0.15) is 17.2 Å². The summed E-state index contributed by atoms with van der Waals surface area (Å²) < 4.78 is 7.58. The van der Waals surface area contributed by atoms with Crippen LogP contribution in [-0.4, -0.2) is 44.2 Å². The summed E-state index contributed by atoms with van der Waals surface area (Å²) in [5.74, 6) is 0.880. The van der Waals surface area contributed by atoms with Crippen LogP contribution in [0.2, 0.25) is 0 Å². The molecule has 0 saturated carbocycles. The Kier molecular flexibility index (Phi) is 4.38. The van der Waals surface area contributed by atoms with Gasteiger partial charge in [-0.05, 0) is 18.6 Å². The maximum atomic E-state index is 5.68. The topological polar surface area (TPSA) is 56.1 Å². The van der Waals surface area contributed by atoms with E-state index in [2.05, 4.69) is 31.3 Å². The summed E-state index contributed by atoms with van der Waals surface area (Å²) in [5, 5.41) is 3.24. The zero-order chi connectivity index (χ0) is 16.4. The van der Waals surface area contributed by atoms with Crippen LogP contribution in [0.4, 0.5) is 0 Å². The maximum absolute atomic E-state index is 5.68. The van der Waals surface area contributed by atoms with Crippen molar-refractivity contribution in [2.24, 2.45) is 0 Å². The van der Waals surface area contributed by atoms with Gasteiger partial charge in [0.05, 0.1) is 19.3 Å². The third-order valence-electron chi connectivity index (χ3n) is 4.12. The van der Waals surface area contributed by atoms with Crippen molar-refractivity contribution in [3.8, 4) is 5.82 Å². The van der Waals surface area contributed by atoms with Crippen LogP contribution in [0, 0.1) is 6.92 Å². The molecule has 0 aliphatic carbocycles. The summed E-state index contributed by atoms with van der Waals surface area (Å²) in [4.78, 5) is 15.7. The van der Waals surface area contributed by atoms with Crippen LogP contribution < -0.4 is 0 Å². The van der Waals surface area contributed by atoms with Crippen molar-refractivity contribution in [2.45, 2.75) is 19.5 Å². The highest BCUT2D eigenvalue weighted by atomic mass is 32.1. The van der Waals surface area contributed by atoms with E-state index in [0.717, 1.165) is 36.2 Å². The third kappa shape index (κ3) is 3.24. The summed E-state index contributed by atoms with van der Waals surface area (Å²) in [5.41, 5.74) is 2.27. The fourth-order valence-electron chi connectivity index (χ4n) is 2.87. The fourth-order valence-corrected chi connectivity index (χ4v) is 3.79. The van der Waals surface area contributed by atoms with E-state index in [4.69, 9.17) is 4.74 Å². The summed E-state index contributed by atoms with van der Waals surface area (Å²) in [6.07, 6.45) is 7.34. The molecular formula is C17H19N5OS. The molecule has 0 amide bonds. The number of hydrogen-bond donors (Lipinski definition) is 0. The number of thiazole rings is 1. The number of hydrogen-bond acceptors (Lipinski definition) is 6. The quantitative estimate of drug-likeness (QED) is 0.730. The first-order valence-electron chi connectivity index (χ1n) is 7.97. The summed E-state index contributed by atoms with van der Waals surface area (Å²) in [6, 6.07) is 4.38. The SMILES string of the molecule is Cc1csc(C2COCCN2Cc2ccc(-n3ccnc3)nc2)n1. The molecule has 4 rings (SSSR count). The van der Waals surface area contributed by atoms with Gasteiger partial charge in [-0.15, -0.1) is 11.3 Å². The number of aromatic nitrogens is 4. The average molecular weight is 341 g/mol. The predicted molar refractivity (Wildman–Crippen MR) is 92.2 cm³/mol. The lowest BCUT2D eigenvalue weighted by Crippen LogP contribution is -2.39. The van der Waals surface area contributed by atoms with Gasteiger partial charge in [-0.2, -0.15) is 0 Å². The van der Waals surface area contributed by atoms with Crippen LogP contribution in [-0.2, 0) is 11.3 Å². The Bertz CT molecular complexity index is 784. The van der Waals surface area contributed by atoms with Gasteiger partial charge in [0.15, 0.2) is 0 Å². The second kappa shape index (κ2) is 6.80. The molecule has 1 atom stereocenters. The Hall–Kier alpha value is -2.09. The Labute approximate surface area is 144 Å². The van der Waals surface area contributed by atoms with Gasteiger partial charge in [-0.1, -0.05) is 6.07 Å². The molecule has 0 radical (unpaired) electrons. The molecule has 7 heteroatoms. The summed E-state index contributed by atoms with van der Waals surface area (Å²) in [6.45, 7) is 5.26. The van der Waals surface area contributed by atoms with Gasteiger partial charge in [0, 0.05) is 42.8 Å². The van der Waals surface area contributed by atoms with Crippen molar-refractivity contribution in [3.05, 3.63) is 58.7 Å². The smallest absolute Gasteiger partial charge is 0.137 e. The van der Waals surface area contributed by atoms with E-state index in [9.17, 15) is 0 Å². The van der Waals surface area contributed by atoms with E-state index in [1.807, 2.05) is 30.0 Å². The lowest BCUT2D eigenvalue weighted by molar-refractivity contribution is -0.0128. The van der Waals surface area contributed by atoms with Gasteiger partial charge in [0.25, 0.3) is 0 Å². The molecule has 1 aliphatic heterocycles. The van der Waals surface area contributed by atoms with E-state index in [-0.39, 0.29) is 6.04 Å². The highest BCUT2D eigenvalue weighted by molar-refractivity contribution is 7.09. The van der Waals surface area contributed by atoms with Crippen LogP contribution in [0.3, 0.4) is 0 Å². The van der Waals surface area contributed by atoms with Crippen LogP contribution in [0.25, 0.3) is 5.82 Å². The molecule has 0 N–H and O–H groups in total. The Balaban J connectivity index is 1.50. The third-order valence-corrected chi connectivity index (χ3v) is 5.19. The van der Waals surface area contributed by atoms with Crippen molar-refractivity contribution in [1.82, 2.24) is 24.4 Å². The molecule has 0 aromatic carbocycles. The Morgan fingerprint density at radius 3 is 3.04 bits per heavy atom. The first kappa shape index (κ1) is 15.4. The second-order valence-electron chi connectivity index (χ2n) is 5.88. The van der Waals surface area contributed by atoms with E-state index < -0.39 is 0 Å². The minimum atomic E-state index is 0.228. The van der Waals surface area contributed by atoms with Crippen molar-refractivity contribution < 1.29 is 4.74 Å². The minimum absolute atomic E-state index is 0.228. The summed E-state index contributed by atoms with van der Waals surface area (Å²) >= 11 is 1.71. The fraction of sp³-hybridized carbons (Fsp3) is 0.353. The van der Waals surface area contributed by atoms with Crippen LogP contribution in [0.5, 0.6) is 0 Å². The molecule has 1 aliphatic rings. The van der Waals surface area contributed by atoms with E-state index in [1.165, 1.54) is 5.56 Å². The van der Waals surface area contributed by atoms with Crippen molar-refractivity contribution in [3.63, 3.8) is 0 Å². The summed E-state index contributed by atoms with van der Waals surface area (Å²) in [7, 11) is 0. The van der Waals surface area contributed by atoms with Gasteiger partial charge in [-0.25, -0.2) is 15.0 Å². The monoisotopic (exact) mass is 341 g/mol. The molecular weight excluding hydrogens is 322 g/mol. The number of pyridine rings is 1. The molecule has 1 unspecified atom stereocenters. The predicted octanol–water partition coefficient (Wildman–Crippen LogP) is 2.61. The lowest BCUT2D eigenvalue weighted by Gasteiger charge is -2.34. The van der Waals surface area contributed by atoms with E-state index in [1.54, 1.807) is 23.9 Å². The van der Waals surface area contributed by atoms with E-state index >= 15 is 0 Å². The number of morpholine rings is 1. The number of ether oxygens (including phenoxy) is 1. The number of nitrogens with zero attached hydrogens (tertiary/aromatic N) is 5. The highest BCUT2D eigenvalue weighted by Gasteiger charge is 2.27. The standard InChI is InChI=1S/C17H19N5OS/c1-13-11-24-17(20-13)15-10-23-7-6-21(15)9-14-2-3-16(19-8-14)22-5-4-18-12-22/h2-5,8,11-12,15H,6-7,9-10H2,1H3. The van der Waals surface area contributed by atoms with Crippen molar-refractivity contribution in [2.75, 3.05) is 19.8 Å². The molecule has 0 bridgehead atoms. The molecule has 1 saturated heterocycles. The van der Waals surface area contributed by atoms with Crippen molar-refractivity contribution in [1.29, 1.82) is 0 Å². The van der Waals surface area contributed by atoms with Gasteiger partial charge < -0.3 is 4.74 Å². The first-order chi connectivity index (χ1) is 11.8. The zero-order valence-electron chi connectivity index (χ0n) is 13.5. The molecule has 3 aromatic heterocycles. The largest absolute Gasteiger partial charge is 0.378 e. The number of rotatable bonds is 4. The van der Waals surface area contributed by atoms with Crippen LogP contribution in [0.1, 0.15) is 22.3 Å².